The van der Waals surface area contributed by atoms with E-state index < -0.39 is 17.9 Å². The third kappa shape index (κ3) is 7.39. The van der Waals surface area contributed by atoms with Crippen molar-refractivity contribution in [1.82, 2.24) is 4.98 Å². The number of benzene rings is 4. The highest BCUT2D eigenvalue weighted by Crippen LogP contribution is 2.51. The first-order valence-corrected chi connectivity index (χ1v) is 18.6. The molecule has 1 aliphatic carbocycles. The van der Waals surface area contributed by atoms with E-state index >= 15 is 0 Å². The number of carbonyl (C=O) groups excluding carboxylic acids is 1. The Kier molecular flexibility index (Phi) is 10.9. The van der Waals surface area contributed by atoms with Gasteiger partial charge in [0.2, 0.25) is 0 Å². The Morgan fingerprint density at radius 3 is 2.48 bits per heavy atom. The lowest BCUT2D eigenvalue weighted by molar-refractivity contribution is -0.125. The van der Waals surface area contributed by atoms with Crippen LogP contribution in [0.25, 0.3) is 10.8 Å². The van der Waals surface area contributed by atoms with Crippen LogP contribution in [-0.4, -0.2) is 47.6 Å². The maximum absolute atomic E-state index is 14.4. The molecule has 0 amide bonds. The summed E-state index contributed by atoms with van der Waals surface area (Å²) < 4.78 is 11.3. The van der Waals surface area contributed by atoms with Crippen molar-refractivity contribution in [1.29, 1.82) is 0 Å². The highest BCUT2D eigenvalue weighted by molar-refractivity contribution is 5.89. The van der Waals surface area contributed by atoms with Crippen molar-refractivity contribution in [2.45, 2.75) is 57.0 Å². The molecule has 0 bridgehead atoms. The number of rotatable bonds is 15. The number of aromatic hydroxyl groups is 2. The normalized spacial score (nSPS) is 17.7. The number of aromatic nitrogens is 1. The number of hydrogen-bond donors (Lipinski definition) is 3. The number of carbonyl (C=O) groups is 1. The van der Waals surface area contributed by atoms with Gasteiger partial charge in [0.1, 0.15) is 17.9 Å². The van der Waals surface area contributed by atoms with Gasteiger partial charge in [0.15, 0.2) is 29.2 Å². The van der Waals surface area contributed by atoms with Crippen LogP contribution in [0.3, 0.4) is 0 Å². The number of fused-ring (bicyclic) bond motifs is 2. The fourth-order valence-electron chi connectivity index (χ4n) is 8.39. The number of hydrogen-bond acceptors (Lipinski definition) is 7. The molecule has 1 aliphatic heterocycles. The average Bonchev–Trinajstić information content (AvgIpc) is 3.91. The number of aryl methyl sites for hydroxylation is 1. The van der Waals surface area contributed by atoms with Crippen LogP contribution in [0.2, 0.25) is 0 Å². The first-order valence-electron chi connectivity index (χ1n) is 18.6. The van der Waals surface area contributed by atoms with Crippen molar-refractivity contribution in [2.24, 2.45) is 16.8 Å². The van der Waals surface area contributed by atoms with Gasteiger partial charge in [-0.05, 0) is 76.4 Å². The lowest BCUT2D eigenvalue weighted by Gasteiger charge is -2.36. The van der Waals surface area contributed by atoms with E-state index in [0.29, 0.717) is 30.8 Å². The van der Waals surface area contributed by atoms with E-state index in [-0.39, 0.29) is 35.5 Å². The SMILES string of the molecule is CCc1ccc2ccccc2c1C1C=CC(C(Cc2cc[n-]c2)C(O)CC(=O)C(CC2=C[CH+]N=C2)Cc2ccc(O)c(OC)c2)c2ccc(O)c(OC)c21. The Bertz CT molecular complexity index is 2220. The van der Waals surface area contributed by atoms with Crippen LogP contribution in [0.1, 0.15) is 65.0 Å². The Morgan fingerprint density at radius 1 is 0.907 bits per heavy atom. The maximum Gasteiger partial charge on any atom is 0.176 e. The zero-order valence-corrected chi connectivity index (χ0v) is 30.9. The second-order valence-corrected chi connectivity index (χ2v) is 14.3. The second kappa shape index (κ2) is 16.1. The third-order valence-electron chi connectivity index (χ3n) is 11.1. The summed E-state index contributed by atoms with van der Waals surface area (Å²) in [5, 5.41) is 35.9. The van der Waals surface area contributed by atoms with Crippen LogP contribution < -0.4 is 14.5 Å². The molecule has 8 nitrogen and oxygen atoms in total. The first kappa shape index (κ1) is 36.6. The summed E-state index contributed by atoms with van der Waals surface area (Å²) in [6, 6.07) is 23.4. The quantitative estimate of drug-likeness (QED) is 0.0736. The number of aliphatic imine (C=N–C) groups is 1. The van der Waals surface area contributed by atoms with Crippen LogP contribution >= 0.6 is 0 Å². The Balaban J connectivity index is 1.27. The summed E-state index contributed by atoms with van der Waals surface area (Å²) in [4.78, 5) is 22.9. The van der Waals surface area contributed by atoms with Gasteiger partial charge in [-0.15, -0.1) is 4.99 Å². The number of nitrogens with zero attached hydrogens (tertiary/aromatic N) is 2. The molecule has 0 spiro atoms. The van der Waals surface area contributed by atoms with Gasteiger partial charge < -0.3 is 29.8 Å². The van der Waals surface area contributed by atoms with Crippen molar-refractivity contribution in [2.75, 3.05) is 14.2 Å². The van der Waals surface area contributed by atoms with Gasteiger partial charge in [-0.25, -0.2) is 0 Å². The van der Waals surface area contributed by atoms with E-state index in [1.54, 1.807) is 50.3 Å². The van der Waals surface area contributed by atoms with Gasteiger partial charge in [0.05, 0.1) is 26.4 Å². The highest BCUT2D eigenvalue weighted by atomic mass is 16.5. The standard InChI is InChI=1S/C46H46N2O6/c1-4-31-10-11-32-7-5-6-8-34(32)44(31)37-13-12-35(36-14-16-40(50)46(54-3)45(36)37)38(23-30-18-20-48-27-30)42(52)25-41(51)33(22-29-17-19-47-26-29)21-28-9-15-39(49)43(24-28)53-2/h5-20,24,26-27,33,35,37-38,42,49-50,52H,4,21-23,25H2,1-3H3. The lowest BCUT2D eigenvalue weighted by Crippen LogP contribution is -2.34. The fourth-order valence-corrected chi connectivity index (χ4v) is 8.39. The molecular weight excluding hydrogens is 677 g/mol. The van der Waals surface area contributed by atoms with Crippen molar-refractivity contribution in [3.8, 4) is 23.0 Å². The van der Waals surface area contributed by atoms with Crippen LogP contribution in [0.5, 0.6) is 23.0 Å². The van der Waals surface area contributed by atoms with Gasteiger partial charge in [-0.3, -0.25) is 4.79 Å². The number of ether oxygens (including phenoxy) is 2. The number of aliphatic hydroxyl groups is 1. The summed E-state index contributed by atoms with van der Waals surface area (Å²) in [6.07, 6.45) is 12.7. The number of Topliss-reactive ketones (excluding diaryl/α,β-unsaturated/α-hetero) is 1. The van der Waals surface area contributed by atoms with Crippen molar-refractivity contribution < 1.29 is 29.6 Å². The summed E-state index contributed by atoms with van der Waals surface area (Å²) in [7, 11) is 3.08. The van der Waals surface area contributed by atoms with E-state index in [1.165, 1.54) is 18.2 Å². The third-order valence-corrected chi connectivity index (χ3v) is 11.1. The molecule has 2 heterocycles. The van der Waals surface area contributed by atoms with Gasteiger partial charge >= 0.3 is 0 Å². The Morgan fingerprint density at radius 2 is 1.74 bits per heavy atom. The topological polar surface area (TPSA) is 123 Å². The molecule has 5 aromatic rings. The number of phenolic OH excluding ortho intramolecular Hbond substituents is 2. The first-order chi connectivity index (χ1) is 26.3. The van der Waals surface area contributed by atoms with E-state index in [9.17, 15) is 20.1 Å². The molecule has 5 unspecified atom stereocenters. The zero-order chi connectivity index (χ0) is 37.8. The van der Waals surface area contributed by atoms with E-state index in [2.05, 4.69) is 59.4 Å². The zero-order valence-electron chi connectivity index (χ0n) is 30.9. The molecule has 276 valence electrons. The second-order valence-electron chi connectivity index (χ2n) is 14.3. The number of phenols is 2. The fraction of sp³-hybridized carbons (Fsp3) is 0.283. The number of ketones is 1. The largest absolute Gasteiger partial charge is 0.670 e. The minimum atomic E-state index is -1.01. The Labute approximate surface area is 316 Å². The Hall–Kier alpha value is -5.73. The molecule has 7 rings (SSSR count). The molecule has 0 saturated heterocycles. The molecule has 0 fully saturated rings. The maximum atomic E-state index is 14.4. The highest BCUT2D eigenvalue weighted by Gasteiger charge is 2.38. The van der Waals surface area contributed by atoms with E-state index in [0.717, 1.165) is 45.0 Å². The molecule has 1 aromatic heterocycles. The monoisotopic (exact) mass is 722 g/mol. The van der Waals surface area contributed by atoms with E-state index in [1.807, 2.05) is 30.5 Å². The molecule has 0 radical (unpaired) electrons. The number of methoxy groups -OCH3 is 2. The van der Waals surface area contributed by atoms with Crippen LogP contribution in [0.4, 0.5) is 0 Å². The van der Waals surface area contributed by atoms with Gasteiger partial charge in [-0.1, -0.05) is 79.2 Å². The molecule has 54 heavy (non-hydrogen) atoms. The molecular formula is C46H46N2O6. The van der Waals surface area contributed by atoms with Crippen LogP contribution in [0, 0.1) is 18.4 Å². The minimum Gasteiger partial charge on any atom is -0.670 e. The predicted molar refractivity (Wildman–Crippen MR) is 212 cm³/mol. The minimum absolute atomic E-state index is 0.0315. The van der Waals surface area contributed by atoms with Crippen molar-refractivity contribution in [3.63, 3.8) is 0 Å². The van der Waals surface area contributed by atoms with Crippen molar-refractivity contribution >= 4 is 22.8 Å². The van der Waals surface area contributed by atoms with Gasteiger partial charge in [0.25, 0.3) is 0 Å². The van der Waals surface area contributed by atoms with Crippen LogP contribution in [-0.2, 0) is 24.1 Å². The van der Waals surface area contributed by atoms with Crippen LogP contribution in [0.15, 0.2) is 114 Å². The smallest absolute Gasteiger partial charge is 0.176 e. The number of aliphatic hydroxyl groups excluding tert-OH is 1. The van der Waals surface area contributed by atoms with E-state index in [4.69, 9.17) is 9.47 Å². The van der Waals surface area contributed by atoms with Gasteiger partial charge in [0, 0.05) is 36.2 Å². The molecule has 2 aliphatic rings. The predicted octanol–water partition coefficient (Wildman–Crippen LogP) is 8.17. The average molecular weight is 723 g/mol. The lowest BCUT2D eigenvalue weighted by atomic mass is 9.69. The molecule has 5 atom stereocenters. The summed E-state index contributed by atoms with van der Waals surface area (Å²) in [5.74, 6) is -0.605. The van der Waals surface area contributed by atoms with Crippen molar-refractivity contribution in [3.05, 3.63) is 149 Å². The molecule has 3 N–H and O–H groups in total. The number of allylic oxidation sites excluding steroid dienone is 3. The van der Waals surface area contributed by atoms with Gasteiger partial charge in [-0.2, -0.15) is 12.4 Å². The summed E-state index contributed by atoms with van der Waals surface area (Å²) >= 11 is 0. The molecule has 4 aromatic carbocycles. The molecule has 8 heteroatoms. The summed E-state index contributed by atoms with van der Waals surface area (Å²) in [5.41, 5.74) is 6.93. The summed E-state index contributed by atoms with van der Waals surface area (Å²) in [6.45, 7) is 3.87. The molecule has 0 saturated carbocycles.